The third-order valence-electron chi connectivity index (χ3n) is 4.63. The Kier molecular flexibility index (Phi) is 6.42. The van der Waals surface area contributed by atoms with Crippen molar-refractivity contribution in [1.29, 1.82) is 0 Å². The minimum absolute atomic E-state index is 0.139. The summed E-state index contributed by atoms with van der Waals surface area (Å²) in [4.78, 5) is 25.8. The van der Waals surface area contributed by atoms with Crippen LogP contribution in [0.25, 0.3) is 11.4 Å². The van der Waals surface area contributed by atoms with Crippen molar-refractivity contribution < 1.29 is 0 Å². The molecule has 3 aromatic rings. The molecule has 0 aliphatic heterocycles. The van der Waals surface area contributed by atoms with E-state index in [2.05, 4.69) is 63.3 Å². The minimum atomic E-state index is -0.139. The quantitative estimate of drug-likeness (QED) is 0.627. The van der Waals surface area contributed by atoms with E-state index in [4.69, 9.17) is 0 Å². The van der Waals surface area contributed by atoms with Gasteiger partial charge in [-0.05, 0) is 50.1 Å². The third-order valence-corrected chi connectivity index (χ3v) is 4.63. The lowest BCUT2D eigenvalue weighted by molar-refractivity contribution is 0.832. The van der Waals surface area contributed by atoms with Crippen molar-refractivity contribution in [1.82, 2.24) is 15.0 Å². The first-order valence-corrected chi connectivity index (χ1v) is 9.71. The van der Waals surface area contributed by atoms with Crippen molar-refractivity contribution in [2.75, 3.05) is 29.9 Å². The Hall–Kier alpha value is -3.15. The highest BCUT2D eigenvalue weighted by atomic mass is 16.1. The average molecular weight is 377 g/mol. The van der Waals surface area contributed by atoms with Crippen LogP contribution in [0.2, 0.25) is 0 Å². The van der Waals surface area contributed by atoms with Crippen molar-refractivity contribution in [3.05, 3.63) is 70.3 Å². The highest BCUT2D eigenvalue weighted by Crippen LogP contribution is 2.17. The number of nitrogens with one attached hydrogen (secondary N) is 2. The molecule has 0 saturated carbocycles. The Morgan fingerprint density at radius 3 is 2.68 bits per heavy atom. The molecule has 0 aliphatic carbocycles. The van der Waals surface area contributed by atoms with E-state index >= 15 is 0 Å². The molecule has 1 aromatic carbocycles. The summed E-state index contributed by atoms with van der Waals surface area (Å²) in [5.41, 5.74) is 3.93. The smallest absolute Gasteiger partial charge is 0.251 e. The van der Waals surface area contributed by atoms with Gasteiger partial charge in [-0.2, -0.15) is 0 Å². The number of aryl methyl sites for hydroxylation is 2. The molecule has 6 nitrogen and oxygen atoms in total. The number of nitrogens with zero attached hydrogens (tertiary/aromatic N) is 3. The molecule has 0 bridgehead atoms. The van der Waals surface area contributed by atoms with Gasteiger partial charge in [-0.1, -0.05) is 19.1 Å². The van der Waals surface area contributed by atoms with Crippen molar-refractivity contribution in [3.63, 3.8) is 0 Å². The maximum Gasteiger partial charge on any atom is 0.251 e. The van der Waals surface area contributed by atoms with Crippen molar-refractivity contribution in [2.24, 2.45) is 0 Å². The predicted octanol–water partition coefficient (Wildman–Crippen LogP) is 3.64. The van der Waals surface area contributed by atoms with Crippen LogP contribution in [0.3, 0.4) is 0 Å². The molecule has 146 valence electrons. The Balaban J connectivity index is 1.61. The number of pyridine rings is 1. The van der Waals surface area contributed by atoms with Gasteiger partial charge in [0.15, 0.2) is 0 Å². The molecule has 2 heterocycles. The first kappa shape index (κ1) is 19.6. The van der Waals surface area contributed by atoms with E-state index in [0.717, 1.165) is 43.1 Å². The zero-order chi connectivity index (χ0) is 19.9. The number of rotatable bonds is 8. The lowest BCUT2D eigenvalue weighted by Crippen LogP contribution is -2.28. The second-order valence-corrected chi connectivity index (χ2v) is 6.72. The Bertz CT molecular complexity index is 965. The van der Waals surface area contributed by atoms with Crippen molar-refractivity contribution in [2.45, 2.75) is 27.2 Å². The lowest BCUT2D eigenvalue weighted by Gasteiger charge is -2.23. The summed E-state index contributed by atoms with van der Waals surface area (Å²) >= 11 is 0. The summed E-state index contributed by atoms with van der Waals surface area (Å²) in [6.07, 6.45) is 2.46. The van der Waals surface area contributed by atoms with E-state index in [1.807, 2.05) is 19.1 Å². The van der Waals surface area contributed by atoms with Gasteiger partial charge < -0.3 is 15.2 Å². The molecule has 0 radical (unpaired) electrons. The van der Waals surface area contributed by atoms with E-state index in [0.29, 0.717) is 5.82 Å². The van der Waals surface area contributed by atoms with Crippen molar-refractivity contribution >= 4 is 11.5 Å². The molecule has 0 amide bonds. The molecule has 3 rings (SSSR count). The molecule has 0 aliphatic rings. The lowest BCUT2D eigenvalue weighted by atomic mass is 10.2. The van der Waals surface area contributed by atoms with Gasteiger partial charge in [-0.25, -0.2) is 9.97 Å². The predicted molar refractivity (Wildman–Crippen MR) is 115 cm³/mol. The summed E-state index contributed by atoms with van der Waals surface area (Å²) in [7, 11) is 0. The fourth-order valence-corrected chi connectivity index (χ4v) is 3.08. The normalized spacial score (nSPS) is 10.7. The van der Waals surface area contributed by atoms with Gasteiger partial charge in [0, 0.05) is 48.8 Å². The van der Waals surface area contributed by atoms with E-state index < -0.39 is 0 Å². The fourth-order valence-electron chi connectivity index (χ4n) is 3.08. The van der Waals surface area contributed by atoms with Crippen LogP contribution in [0.4, 0.5) is 11.5 Å². The first-order chi connectivity index (χ1) is 13.6. The summed E-state index contributed by atoms with van der Waals surface area (Å²) < 4.78 is 0. The molecule has 0 atom stereocenters. The monoisotopic (exact) mass is 377 g/mol. The van der Waals surface area contributed by atoms with Gasteiger partial charge in [-0.3, -0.25) is 4.79 Å². The summed E-state index contributed by atoms with van der Waals surface area (Å²) in [6.45, 7) is 8.87. The van der Waals surface area contributed by atoms with Crippen LogP contribution >= 0.6 is 0 Å². The molecule has 0 fully saturated rings. The molecule has 0 spiro atoms. The summed E-state index contributed by atoms with van der Waals surface area (Å²) in [6, 6.07) is 13.9. The van der Waals surface area contributed by atoms with Gasteiger partial charge >= 0.3 is 0 Å². The summed E-state index contributed by atoms with van der Waals surface area (Å²) in [5, 5.41) is 3.36. The number of aromatic nitrogens is 3. The molecule has 28 heavy (non-hydrogen) atoms. The maximum atomic E-state index is 11.7. The largest absolute Gasteiger partial charge is 0.370 e. The molecular weight excluding hydrogens is 350 g/mol. The first-order valence-electron chi connectivity index (χ1n) is 9.71. The molecule has 0 unspecified atom stereocenters. The second kappa shape index (κ2) is 9.17. The number of anilines is 2. The van der Waals surface area contributed by atoms with E-state index in [-0.39, 0.29) is 5.56 Å². The number of H-pyrrole nitrogens is 1. The Morgan fingerprint density at radius 2 is 2.00 bits per heavy atom. The Morgan fingerprint density at radius 1 is 1.14 bits per heavy atom. The van der Waals surface area contributed by atoms with Crippen LogP contribution in [0.1, 0.15) is 25.1 Å². The average Bonchev–Trinajstić information content (AvgIpc) is 2.71. The van der Waals surface area contributed by atoms with Crippen LogP contribution < -0.4 is 15.8 Å². The van der Waals surface area contributed by atoms with Crippen LogP contribution in [-0.2, 0) is 6.42 Å². The number of hydrogen-bond donors (Lipinski definition) is 2. The second-order valence-electron chi connectivity index (χ2n) is 6.72. The van der Waals surface area contributed by atoms with Crippen LogP contribution in [-0.4, -0.2) is 34.6 Å². The van der Waals surface area contributed by atoms with E-state index in [1.54, 1.807) is 6.20 Å². The number of aromatic amines is 1. The van der Waals surface area contributed by atoms with Gasteiger partial charge in [-0.15, -0.1) is 0 Å². The molecule has 6 heteroatoms. The fraction of sp³-hybridized carbons (Fsp3) is 0.318. The standard InChI is InChI=1S/C22H27N5O/c1-4-18-14-21(28)26-22(25-18)17-9-10-20(24-15-17)23-11-12-27(5-2)19-8-6-7-16(3)13-19/h6-10,13-15H,4-5,11-12H2,1-3H3,(H,23,24)(H,25,26,28). The number of likely N-dealkylation sites (N-methyl/N-ethyl adjacent to an activating group) is 1. The van der Waals surface area contributed by atoms with Crippen molar-refractivity contribution in [3.8, 4) is 11.4 Å². The number of hydrogen-bond acceptors (Lipinski definition) is 5. The maximum absolute atomic E-state index is 11.7. The van der Waals surface area contributed by atoms with Gasteiger partial charge in [0.05, 0.1) is 0 Å². The van der Waals surface area contributed by atoms with E-state index in [1.165, 1.54) is 17.3 Å². The van der Waals surface area contributed by atoms with Gasteiger partial charge in [0.1, 0.15) is 11.6 Å². The topological polar surface area (TPSA) is 73.9 Å². The summed E-state index contributed by atoms with van der Waals surface area (Å²) in [5.74, 6) is 1.36. The molecule has 0 saturated heterocycles. The van der Waals surface area contributed by atoms with Gasteiger partial charge in [0.25, 0.3) is 5.56 Å². The van der Waals surface area contributed by atoms with Crippen LogP contribution in [0.15, 0.2) is 53.5 Å². The highest BCUT2D eigenvalue weighted by Gasteiger charge is 2.06. The third kappa shape index (κ3) is 4.97. The zero-order valence-corrected chi connectivity index (χ0v) is 16.7. The SMILES string of the molecule is CCc1cc(=O)[nH]c(-c2ccc(NCCN(CC)c3cccc(C)c3)nc2)n1. The molecule has 2 N–H and O–H groups in total. The van der Waals surface area contributed by atoms with E-state index in [9.17, 15) is 4.79 Å². The minimum Gasteiger partial charge on any atom is -0.370 e. The van der Waals surface area contributed by atoms with Gasteiger partial charge in [0.2, 0.25) is 0 Å². The molecule has 2 aromatic heterocycles. The van der Waals surface area contributed by atoms with Crippen LogP contribution in [0, 0.1) is 6.92 Å². The van der Waals surface area contributed by atoms with Crippen LogP contribution in [0.5, 0.6) is 0 Å². The number of benzene rings is 1. The Labute approximate surface area is 165 Å². The zero-order valence-electron chi connectivity index (χ0n) is 16.7. The molecular formula is C22H27N5O. The highest BCUT2D eigenvalue weighted by molar-refractivity contribution is 5.56.